The van der Waals surface area contributed by atoms with E-state index in [4.69, 9.17) is 14.6 Å². The van der Waals surface area contributed by atoms with Gasteiger partial charge >= 0.3 is 5.97 Å². The molecule has 1 heterocycles. The molecule has 1 rings (SSSR count). The molecule has 0 atom stereocenters. The third-order valence-electron chi connectivity index (χ3n) is 2.93. The van der Waals surface area contributed by atoms with Crippen LogP contribution in [0.4, 0.5) is 0 Å². The number of aliphatic hydroxyl groups excluding tert-OH is 1. The first kappa shape index (κ1) is 16.4. The van der Waals surface area contributed by atoms with Crippen LogP contribution in [0.3, 0.4) is 0 Å². The molecule has 0 radical (unpaired) electrons. The summed E-state index contributed by atoms with van der Waals surface area (Å²) in [6, 6.07) is 0. The van der Waals surface area contributed by atoms with E-state index in [1.165, 1.54) is 6.92 Å². The second-order valence-electron chi connectivity index (χ2n) is 4.78. The Morgan fingerprint density at radius 1 is 1.25 bits per heavy atom. The summed E-state index contributed by atoms with van der Waals surface area (Å²) in [5.74, 6) is 0.649. The minimum atomic E-state index is -0.389. The maximum absolute atomic E-state index is 11.0. The normalized spacial score (nSPS) is 10.4. The Morgan fingerprint density at radius 2 is 1.95 bits per heavy atom. The summed E-state index contributed by atoms with van der Waals surface area (Å²) in [7, 11) is 0. The molecule has 112 valence electrons. The van der Waals surface area contributed by atoms with Gasteiger partial charge in [0.1, 0.15) is 5.75 Å². The van der Waals surface area contributed by atoms with Crippen LogP contribution in [0.15, 0.2) is 6.20 Å². The number of ether oxygens (including phenoxy) is 2. The number of aryl methyl sites for hydroxylation is 1. The molecule has 5 nitrogen and oxygen atoms in total. The Bertz CT molecular complexity index is 446. The van der Waals surface area contributed by atoms with Crippen LogP contribution in [0.5, 0.6) is 11.6 Å². The van der Waals surface area contributed by atoms with Gasteiger partial charge in [-0.3, -0.25) is 4.79 Å². The van der Waals surface area contributed by atoms with E-state index in [9.17, 15) is 4.79 Å². The maximum Gasteiger partial charge on any atom is 0.309 e. The number of pyridine rings is 1. The van der Waals surface area contributed by atoms with Gasteiger partial charge in [-0.25, -0.2) is 4.98 Å². The zero-order valence-corrected chi connectivity index (χ0v) is 12.4. The first-order chi connectivity index (χ1) is 9.56. The topological polar surface area (TPSA) is 68.7 Å². The first-order valence-electron chi connectivity index (χ1n) is 6.94. The molecule has 0 fully saturated rings. The van der Waals surface area contributed by atoms with Gasteiger partial charge in [-0.15, -0.1) is 0 Å². The van der Waals surface area contributed by atoms with Crippen molar-refractivity contribution >= 4 is 5.97 Å². The van der Waals surface area contributed by atoms with Gasteiger partial charge in [0, 0.05) is 25.3 Å². The summed E-state index contributed by atoms with van der Waals surface area (Å²) in [4.78, 5) is 15.1. The quantitative estimate of drug-likeness (QED) is 0.586. The van der Waals surface area contributed by atoms with E-state index in [0.717, 1.165) is 42.6 Å². The molecule has 0 aliphatic rings. The second kappa shape index (κ2) is 8.53. The summed E-state index contributed by atoms with van der Waals surface area (Å²) in [6.45, 7) is 5.95. The van der Waals surface area contributed by atoms with Crippen LogP contribution < -0.4 is 9.47 Å². The number of carbonyl (C=O) groups excluding carboxylic acids is 1. The lowest BCUT2D eigenvalue weighted by atomic mass is 10.2. The highest BCUT2D eigenvalue weighted by Gasteiger charge is 2.12. The van der Waals surface area contributed by atoms with Crippen molar-refractivity contribution in [2.24, 2.45) is 0 Å². The molecule has 1 N–H and O–H groups in total. The van der Waals surface area contributed by atoms with Crippen molar-refractivity contribution in [3.05, 3.63) is 17.3 Å². The minimum absolute atomic E-state index is 0.245. The molecule has 1 aromatic rings. The summed E-state index contributed by atoms with van der Waals surface area (Å²) >= 11 is 0. The van der Waals surface area contributed by atoms with E-state index < -0.39 is 0 Å². The van der Waals surface area contributed by atoms with Crippen molar-refractivity contribution in [3.8, 4) is 11.6 Å². The Morgan fingerprint density at radius 3 is 2.60 bits per heavy atom. The zero-order valence-electron chi connectivity index (χ0n) is 12.4. The molecule has 0 aliphatic carbocycles. The lowest BCUT2D eigenvalue weighted by Crippen LogP contribution is -2.07. The van der Waals surface area contributed by atoms with E-state index >= 15 is 0 Å². The van der Waals surface area contributed by atoms with Gasteiger partial charge in [-0.1, -0.05) is 6.42 Å². The molecule has 0 amide bonds. The first-order valence-corrected chi connectivity index (χ1v) is 6.94. The number of carbonyl (C=O) groups is 1. The number of hydrogen-bond acceptors (Lipinski definition) is 5. The molecule has 0 saturated carbocycles. The number of aliphatic hydroxyl groups is 1. The van der Waals surface area contributed by atoms with Crippen LogP contribution in [0, 0.1) is 13.8 Å². The molecule has 0 unspecified atom stereocenters. The Kier molecular flexibility index (Phi) is 7.01. The van der Waals surface area contributed by atoms with Crippen molar-refractivity contribution in [1.29, 1.82) is 0 Å². The molecule has 0 aliphatic heterocycles. The molecular formula is C15H23NO4. The van der Waals surface area contributed by atoms with Gasteiger partial charge in [0.05, 0.1) is 12.2 Å². The molecule has 0 aromatic carbocycles. The number of aromatic nitrogens is 1. The van der Waals surface area contributed by atoms with Crippen molar-refractivity contribution in [1.82, 2.24) is 4.98 Å². The highest BCUT2D eigenvalue weighted by Crippen LogP contribution is 2.29. The van der Waals surface area contributed by atoms with Crippen molar-refractivity contribution in [3.63, 3.8) is 0 Å². The van der Waals surface area contributed by atoms with E-state index in [-0.39, 0.29) is 12.6 Å². The molecule has 0 spiro atoms. The number of nitrogens with zero attached hydrogens (tertiary/aromatic N) is 1. The molecule has 0 saturated heterocycles. The lowest BCUT2D eigenvalue weighted by Gasteiger charge is -2.14. The van der Waals surface area contributed by atoms with Gasteiger partial charge in [-0.05, 0) is 33.1 Å². The fourth-order valence-corrected chi connectivity index (χ4v) is 1.91. The fraction of sp³-hybridized carbons (Fsp3) is 0.600. The second-order valence-corrected chi connectivity index (χ2v) is 4.78. The standard InChI is InChI=1S/C15H23NO4/c1-11-10-16-15(20-13(3)18)12(2)14(11)19-9-7-5-4-6-8-17/h10,17H,4-9H2,1-3H3. The van der Waals surface area contributed by atoms with Gasteiger partial charge in [0.25, 0.3) is 0 Å². The Labute approximate surface area is 119 Å². The monoisotopic (exact) mass is 281 g/mol. The summed E-state index contributed by atoms with van der Waals surface area (Å²) in [5.41, 5.74) is 1.67. The van der Waals surface area contributed by atoms with E-state index in [0.29, 0.717) is 12.5 Å². The zero-order chi connectivity index (χ0) is 15.0. The average molecular weight is 281 g/mol. The molecule has 5 heteroatoms. The van der Waals surface area contributed by atoms with E-state index in [2.05, 4.69) is 4.98 Å². The number of hydrogen-bond donors (Lipinski definition) is 1. The number of unbranched alkanes of at least 4 members (excludes halogenated alkanes) is 3. The molecular weight excluding hydrogens is 258 g/mol. The van der Waals surface area contributed by atoms with Crippen molar-refractivity contribution in [2.45, 2.75) is 46.5 Å². The predicted molar refractivity (Wildman–Crippen MR) is 76.1 cm³/mol. The highest BCUT2D eigenvalue weighted by molar-refractivity contribution is 5.69. The Balaban J connectivity index is 2.57. The van der Waals surface area contributed by atoms with Gasteiger partial charge in [0.15, 0.2) is 0 Å². The van der Waals surface area contributed by atoms with Crippen LogP contribution >= 0.6 is 0 Å². The summed E-state index contributed by atoms with van der Waals surface area (Å²) in [5, 5.41) is 8.70. The van der Waals surface area contributed by atoms with Gasteiger partial charge in [-0.2, -0.15) is 0 Å². The van der Waals surface area contributed by atoms with Crippen LogP contribution in [0.25, 0.3) is 0 Å². The SMILES string of the molecule is CC(=O)Oc1ncc(C)c(OCCCCCCO)c1C. The van der Waals surface area contributed by atoms with Gasteiger partial charge < -0.3 is 14.6 Å². The van der Waals surface area contributed by atoms with Crippen LogP contribution in [0.1, 0.15) is 43.7 Å². The predicted octanol–water partition coefficient (Wildman–Crippen LogP) is 2.56. The smallest absolute Gasteiger partial charge is 0.309 e. The minimum Gasteiger partial charge on any atom is -0.493 e. The van der Waals surface area contributed by atoms with E-state index in [1.807, 2.05) is 13.8 Å². The van der Waals surface area contributed by atoms with E-state index in [1.54, 1.807) is 6.20 Å². The largest absolute Gasteiger partial charge is 0.493 e. The summed E-state index contributed by atoms with van der Waals surface area (Å²) < 4.78 is 10.8. The van der Waals surface area contributed by atoms with Crippen molar-refractivity contribution in [2.75, 3.05) is 13.2 Å². The van der Waals surface area contributed by atoms with Crippen LogP contribution in [-0.2, 0) is 4.79 Å². The van der Waals surface area contributed by atoms with Crippen LogP contribution in [0.2, 0.25) is 0 Å². The molecule has 20 heavy (non-hydrogen) atoms. The Hall–Kier alpha value is -1.62. The number of rotatable bonds is 8. The average Bonchev–Trinajstić information content (AvgIpc) is 2.40. The van der Waals surface area contributed by atoms with Gasteiger partial charge in [0.2, 0.25) is 5.88 Å². The highest BCUT2D eigenvalue weighted by atomic mass is 16.5. The summed E-state index contributed by atoms with van der Waals surface area (Å²) in [6.07, 6.45) is 5.45. The lowest BCUT2D eigenvalue weighted by molar-refractivity contribution is -0.132. The fourth-order valence-electron chi connectivity index (χ4n) is 1.91. The third kappa shape index (κ3) is 5.17. The molecule has 1 aromatic heterocycles. The maximum atomic E-state index is 11.0. The third-order valence-corrected chi connectivity index (χ3v) is 2.93. The molecule has 0 bridgehead atoms. The van der Waals surface area contributed by atoms with Crippen molar-refractivity contribution < 1.29 is 19.4 Å². The van der Waals surface area contributed by atoms with Crippen LogP contribution in [-0.4, -0.2) is 29.3 Å². The number of esters is 1.